The fourth-order valence-electron chi connectivity index (χ4n) is 1.89. The van der Waals surface area contributed by atoms with Gasteiger partial charge < -0.3 is 4.74 Å². The summed E-state index contributed by atoms with van der Waals surface area (Å²) >= 11 is 12.1. The largest absolute Gasteiger partial charge is 0.447 e. The molecule has 0 atom stereocenters. The van der Waals surface area contributed by atoms with E-state index >= 15 is 0 Å². The predicted octanol–water partition coefficient (Wildman–Crippen LogP) is 4.36. The minimum atomic E-state index is 0.582. The van der Waals surface area contributed by atoms with Crippen molar-refractivity contribution in [3.05, 3.63) is 64.1 Å². The first-order chi connectivity index (χ1) is 9.11. The average molecular weight is 295 g/mol. The summed E-state index contributed by atoms with van der Waals surface area (Å²) in [5, 5.41) is 1.16. The monoisotopic (exact) mass is 294 g/mol. The van der Waals surface area contributed by atoms with Crippen molar-refractivity contribution in [3.63, 3.8) is 0 Å². The van der Waals surface area contributed by atoms with Gasteiger partial charge in [-0.1, -0.05) is 41.4 Å². The molecule has 0 saturated heterocycles. The Kier molecular flexibility index (Phi) is 4.46. The van der Waals surface area contributed by atoms with Gasteiger partial charge in [0.25, 0.3) is 0 Å². The van der Waals surface area contributed by atoms with Crippen LogP contribution in [0.25, 0.3) is 0 Å². The summed E-state index contributed by atoms with van der Waals surface area (Å²) in [6, 6.07) is 15.3. The number of benzene rings is 2. The van der Waals surface area contributed by atoms with Crippen molar-refractivity contribution in [2.45, 2.75) is 0 Å². The predicted molar refractivity (Wildman–Crippen MR) is 79.9 cm³/mol. The highest BCUT2D eigenvalue weighted by Crippen LogP contribution is 2.21. The second-order valence-electron chi connectivity index (χ2n) is 4.06. The molecule has 19 heavy (non-hydrogen) atoms. The van der Waals surface area contributed by atoms with Crippen molar-refractivity contribution < 1.29 is 9.31 Å². The van der Waals surface area contributed by atoms with E-state index in [1.165, 1.54) is 0 Å². The second kappa shape index (κ2) is 6.09. The van der Waals surface area contributed by atoms with Crippen LogP contribution in [0.3, 0.4) is 0 Å². The van der Waals surface area contributed by atoms with Crippen LogP contribution >= 0.6 is 23.2 Å². The molecular formula is C15H14Cl2NO+. The van der Waals surface area contributed by atoms with E-state index in [1.807, 2.05) is 54.1 Å². The highest BCUT2D eigenvalue weighted by molar-refractivity contribution is 6.35. The van der Waals surface area contributed by atoms with E-state index in [4.69, 9.17) is 27.9 Å². The minimum Gasteiger partial charge on any atom is -0.447 e. The molecule has 0 unspecified atom stereocenters. The molecule has 0 N–H and O–H groups in total. The number of para-hydroxylation sites is 1. The number of ether oxygens (including phenoxy) is 1. The molecule has 0 fully saturated rings. The Morgan fingerprint density at radius 1 is 1.00 bits per heavy atom. The van der Waals surface area contributed by atoms with Gasteiger partial charge >= 0.3 is 5.90 Å². The maximum absolute atomic E-state index is 6.03. The van der Waals surface area contributed by atoms with Crippen LogP contribution in [0.4, 0.5) is 5.69 Å². The first-order valence-electron chi connectivity index (χ1n) is 5.78. The number of halogens is 2. The maximum Gasteiger partial charge on any atom is 0.375 e. The molecule has 2 nitrogen and oxygen atoms in total. The molecule has 0 spiro atoms. The van der Waals surface area contributed by atoms with Crippen LogP contribution < -0.4 is 0 Å². The van der Waals surface area contributed by atoms with E-state index in [0.29, 0.717) is 15.9 Å². The van der Waals surface area contributed by atoms with Gasteiger partial charge in [0.05, 0.1) is 12.7 Å². The lowest BCUT2D eigenvalue weighted by Crippen LogP contribution is -2.16. The first-order valence-corrected chi connectivity index (χ1v) is 6.53. The lowest BCUT2D eigenvalue weighted by atomic mass is 10.2. The molecular weight excluding hydrogens is 281 g/mol. The molecule has 2 aromatic carbocycles. The molecule has 0 amide bonds. The van der Waals surface area contributed by atoms with Crippen molar-refractivity contribution in [2.24, 2.45) is 0 Å². The molecule has 0 aliphatic rings. The van der Waals surface area contributed by atoms with E-state index in [9.17, 15) is 0 Å². The highest BCUT2D eigenvalue weighted by atomic mass is 35.5. The van der Waals surface area contributed by atoms with Crippen molar-refractivity contribution in [2.75, 3.05) is 14.2 Å². The number of rotatable bonds is 2. The summed E-state index contributed by atoms with van der Waals surface area (Å²) in [5.74, 6) is 0.690. The van der Waals surface area contributed by atoms with Crippen molar-refractivity contribution in [3.8, 4) is 0 Å². The number of hydrogen-bond donors (Lipinski definition) is 0. The number of methoxy groups -OCH3 is 1. The Morgan fingerprint density at radius 2 is 1.58 bits per heavy atom. The lowest BCUT2D eigenvalue weighted by molar-refractivity contribution is -0.415. The van der Waals surface area contributed by atoms with Crippen molar-refractivity contribution in [1.29, 1.82) is 0 Å². The Morgan fingerprint density at radius 3 is 2.11 bits per heavy atom. The molecule has 0 heterocycles. The van der Waals surface area contributed by atoms with Crippen LogP contribution in [-0.2, 0) is 4.74 Å². The van der Waals surface area contributed by atoms with Gasteiger partial charge in [-0.15, -0.1) is 0 Å². The fraction of sp³-hybridized carbons (Fsp3) is 0.133. The summed E-state index contributed by atoms with van der Waals surface area (Å²) in [7, 11) is 3.56. The van der Waals surface area contributed by atoms with Crippen LogP contribution in [0.15, 0.2) is 48.5 Å². The van der Waals surface area contributed by atoms with Crippen molar-refractivity contribution in [1.82, 2.24) is 0 Å². The molecule has 2 aromatic rings. The minimum absolute atomic E-state index is 0.582. The third-order valence-corrected chi connectivity index (χ3v) is 3.19. The van der Waals surface area contributed by atoms with E-state index in [-0.39, 0.29) is 0 Å². The zero-order valence-electron chi connectivity index (χ0n) is 10.7. The second-order valence-corrected chi connectivity index (χ2v) is 4.93. The lowest BCUT2D eigenvalue weighted by Gasteiger charge is -2.06. The third-order valence-electron chi connectivity index (χ3n) is 2.75. The van der Waals surface area contributed by atoms with Crippen LogP contribution in [0, 0.1) is 0 Å². The van der Waals surface area contributed by atoms with Gasteiger partial charge in [0, 0.05) is 22.2 Å². The van der Waals surface area contributed by atoms with Crippen LogP contribution in [0.1, 0.15) is 5.56 Å². The molecule has 0 aromatic heterocycles. The van der Waals surface area contributed by atoms with Gasteiger partial charge in [0.1, 0.15) is 7.05 Å². The van der Waals surface area contributed by atoms with Crippen LogP contribution in [-0.4, -0.2) is 24.6 Å². The topological polar surface area (TPSA) is 12.2 Å². The summed E-state index contributed by atoms with van der Waals surface area (Å²) < 4.78 is 7.43. The molecule has 0 aliphatic heterocycles. The van der Waals surface area contributed by atoms with E-state index in [1.54, 1.807) is 13.2 Å². The maximum atomic E-state index is 6.03. The molecule has 98 valence electrons. The van der Waals surface area contributed by atoms with E-state index in [0.717, 1.165) is 11.3 Å². The molecule has 0 radical (unpaired) electrons. The Labute approximate surface area is 122 Å². The van der Waals surface area contributed by atoms with Crippen LogP contribution in [0.2, 0.25) is 10.0 Å². The summed E-state index contributed by atoms with van der Waals surface area (Å²) in [6.07, 6.45) is 0. The first kappa shape index (κ1) is 13.9. The zero-order chi connectivity index (χ0) is 13.8. The molecule has 0 bridgehead atoms. The Hall–Kier alpha value is -1.51. The van der Waals surface area contributed by atoms with Gasteiger partial charge in [-0.3, -0.25) is 0 Å². The van der Waals surface area contributed by atoms with Gasteiger partial charge in [-0.25, -0.2) is 0 Å². The molecule has 0 saturated carbocycles. The van der Waals surface area contributed by atoms with Gasteiger partial charge in [0.2, 0.25) is 5.69 Å². The van der Waals surface area contributed by atoms with Gasteiger partial charge in [0.15, 0.2) is 0 Å². The van der Waals surface area contributed by atoms with Crippen molar-refractivity contribution >= 4 is 34.8 Å². The highest BCUT2D eigenvalue weighted by Gasteiger charge is 2.17. The van der Waals surface area contributed by atoms with E-state index < -0.39 is 0 Å². The third kappa shape index (κ3) is 3.28. The average Bonchev–Trinajstić information content (AvgIpc) is 2.39. The smallest absolute Gasteiger partial charge is 0.375 e. The molecule has 2 rings (SSSR count). The Bertz CT molecular complexity index is 589. The van der Waals surface area contributed by atoms with Gasteiger partial charge in [-0.05, 0) is 18.2 Å². The summed E-state index contributed by atoms with van der Waals surface area (Å²) in [5.41, 5.74) is 1.86. The Balaban J connectivity index is 2.55. The van der Waals surface area contributed by atoms with Gasteiger partial charge in [-0.2, -0.15) is 4.58 Å². The fourth-order valence-corrected chi connectivity index (χ4v) is 2.42. The summed E-state index contributed by atoms with van der Waals surface area (Å²) in [6.45, 7) is 0. The standard InChI is InChI=1S/C15H14Cl2NO/c1-18(14-6-4-3-5-7-14)15(19-2)11-8-12(16)10-13(17)9-11/h3-10H,1-2H3/q+1. The zero-order valence-corrected chi connectivity index (χ0v) is 12.2. The number of hydrogen-bond acceptors (Lipinski definition) is 1. The normalized spacial score (nSPS) is 12.0. The SMILES string of the molecule is COC(c1cc(Cl)cc(Cl)c1)=[N+](C)c1ccccc1. The van der Waals surface area contributed by atoms with E-state index in [2.05, 4.69) is 0 Å². The quantitative estimate of drug-likeness (QED) is 0.455. The molecule has 4 heteroatoms. The molecule has 0 aliphatic carbocycles. The summed E-state index contributed by atoms with van der Waals surface area (Å²) in [4.78, 5) is 0. The number of nitrogens with zero attached hydrogens (tertiary/aromatic N) is 1. The van der Waals surface area contributed by atoms with Crippen LogP contribution in [0.5, 0.6) is 0 Å².